The zero-order valence-electron chi connectivity index (χ0n) is 14.6. The van der Waals surface area contributed by atoms with E-state index in [4.69, 9.17) is 0 Å². The Morgan fingerprint density at radius 1 is 0.952 bits per heavy atom. The van der Waals surface area contributed by atoms with E-state index in [0.29, 0.717) is 11.5 Å². The third-order valence-electron chi connectivity index (χ3n) is 4.67. The van der Waals surface area contributed by atoms with Crippen molar-refractivity contribution in [3.63, 3.8) is 0 Å². The van der Waals surface area contributed by atoms with Crippen molar-refractivity contribution >= 4 is 0 Å². The molecule has 0 saturated carbocycles. The molecule has 0 aliphatic rings. The SMILES string of the molecule is CCCCCCCC(CC)(CNC(C)C)c1ccccc1. The van der Waals surface area contributed by atoms with Crippen molar-refractivity contribution in [2.45, 2.75) is 84.1 Å². The highest BCUT2D eigenvalue weighted by atomic mass is 14.9. The van der Waals surface area contributed by atoms with E-state index in [1.165, 1.54) is 50.5 Å². The van der Waals surface area contributed by atoms with Crippen LogP contribution in [0.1, 0.15) is 78.2 Å². The molecule has 0 heterocycles. The molecule has 0 amide bonds. The van der Waals surface area contributed by atoms with E-state index in [2.05, 4.69) is 63.3 Å². The van der Waals surface area contributed by atoms with Gasteiger partial charge in [0.15, 0.2) is 0 Å². The molecule has 0 bridgehead atoms. The number of rotatable bonds is 11. The minimum absolute atomic E-state index is 0.303. The summed E-state index contributed by atoms with van der Waals surface area (Å²) in [6.07, 6.45) is 9.35. The largest absolute Gasteiger partial charge is 0.314 e. The Morgan fingerprint density at radius 2 is 1.62 bits per heavy atom. The van der Waals surface area contributed by atoms with Crippen molar-refractivity contribution in [2.75, 3.05) is 6.54 Å². The van der Waals surface area contributed by atoms with Crippen LogP contribution in [0.2, 0.25) is 0 Å². The van der Waals surface area contributed by atoms with E-state index in [0.717, 1.165) is 6.54 Å². The van der Waals surface area contributed by atoms with Gasteiger partial charge >= 0.3 is 0 Å². The molecule has 0 radical (unpaired) electrons. The van der Waals surface area contributed by atoms with Crippen LogP contribution in [-0.2, 0) is 5.41 Å². The molecule has 120 valence electrons. The molecular weight excluding hydrogens is 254 g/mol. The van der Waals surface area contributed by atoms with Gasteiger partial charge < -0.3 is 5.32 Å². The standard InChI is InChI=1S/C20H35N/c1-5-7-8-9-13-16-20(6-2,17-21-18(3)4)19-14-11-10-12-15-19/h10-12,14-15,18,21H,5-9,13,16-17H2,1-4H3. The molecule has 1 aromatic rings. The molecule has 1 aromatic carbocycles. The van der Waals surface area contributed by atoms with Gasteiger partial charge in [-0.25, -0.2) is 0 Å². The Balaban J connectivity index is 2.72. The van der Waals surface area contributed by atoms with Crippen LogP contribution in [0.4, 0.5) is 0 Å². The highest BCUT2D eigenvalue weighted by Gasteiger charge is 2.29. The number of nitrogens with one attached hydrogen (secondary N) is 1. The lowest BCUT2D eigenvalue weighted by Gasteiger charge is -2.35. The third kappa shape index (κ3) is 6.22. The van der Waals surface area contributed by atoms with Gasteiger partial charge in [0.25, 0.3) is 0 Å². The lowest BCUT2D eigenvalue weighted by atomic mass is 9.74. The average molecular weight is 290 g/mol. The Morgan fingerprint density at radius 3 is 2.19 bits per heavy atom. The second kappa shape index (κ2) is 10.00. The first-order valence-corrected chi connectivity index (χ1v) is 8.93. The molecule has 1 rings (SSSR count). The maximum Gasteiger partial charge on any atom is 0.00752 e. The van der Waals surface area contributed by atoms with Crippen molar-refractivity contribution in [1.82, 2.24) is 5.32 Å². The zero-order chi connectivity index (χ0) is 15.6. The van der Waals surface area contributed by atoms with Crippen LogP contribution in [0.15, 0.2) is 30.3 Å². The molecule has 1 atom stereocenters. The fourth-order valence-electron chi connectivity index (χ4n) is 3.10. The van der Waals surface area contributed by atoms with Crippen LogP contribution < -0.4 is 5.32 Å². The first-order chi connectivity index (χ1) is 10.1. The second-order valence-corrected chi connectivity index (χ2v) is 6.70. The van der Waals surface area contributed by atoms with Crippen molar-refractivity contribution in [2.24, 2.45) is 0 Å². The van der Waals surface area contributed by atoms with Gasteiger partial charge in [-0.05, 0) is 18.4 Å². The maximum absolute atomic E-state index is 3.69. The van der Waals surface area contributed by atoms with Crippen molar-refractivity contribution in [1.29, 1.82) is 0 Å². The minimum Gasteiger partial charge on any atom is -0.314 e. The van der Waals surface area contributed by atoms with Crippen LogP contribution in [0.5, 0.6) is 0 Å². The molecule has 1 N–H and O–H groups in total. The van der Waals surface area contributed by atoms with Gasteiger partial charge in [-0.2, -0.15) is 0 Å². The molecule has 0 aromatic heterocycles. The summed E-state index contributed by atoms with van der Waals surface area (Å²) < 4.78 is 0. The highest BCUT2D eigenvalue weighted by Crippen LogP contribution is 2.33. The molecule has 0 aliphatic carbocycles. The van der Waals surface area contributed by atoms with Gasteiger partial charge in [-0.1, -0.05) is 90.1 Å². The van der Waals surface area contributed by atoms with Crippen LogP contribution >= 0.6 is 0 Å². The monoisotopic (exact) mass is 289 g/mol. The Hall–Kier alpha value is -0.820. The summed E-state index contributed by atoms with van der Waals surface area (Å²) in [4.78, 5) is 0. The summed E-state index contributed by atoms with van der Waals surface area (Å²) in [6, 6.07) is 11.7. The van der Waals surface area contributed by atoms with E-state index in [1.807, 2.05) is 0 Å². The summed E-state index contributed by atoms with van der Waals surface area (Å²) in [6.45, 7) is 10.2. The number of unbranched alkanes of at least 4 members (excludes halogenated alkanes) is 4. The smallest absolute Gasteiger partial charge is 0.00752 e. The summed E-state index contributed by atoms with van der Waals surface area (Å²) in [7, 11) is 0. The molecule has 0 aliphatic heterocycles. The van der Waals surface area contributed by atoms with Gasteiger partial charge in [0.1, 0.15) is 0 Å². The molecule has 1 nitrogen and oxygen atoms in total. The first-order valence-electron chi connectivity index (χ1n) is 8.93. The van der Waals surface area contributed by atoms with Crippen LogP contribution in [0.25, 0.3) is 0 Å². The fraction of sp³-hybridized carbons (Fsp3) is 0.700. The molecule has 1 heteroatoms. The molecule has 0 spiro atoms. The molecule has 1 unspecified atom stereocenters. The van der Waals surface area contributed by atoms with Crippen molar-refractivity contribution < 1.29 is 0 Å². The quantitative estimate of drug-likeness (QED) is 0.516. The number of hydrogen-bond acceptors (Lipinski definition) is 1. The van der Waals surface area contributed by atoms with E-state index in [1.54, 1.807) is 0 Å². The zero-order valence-corrected chi connectivity index (χ0v) is 14.6. The molecule has 0 saturated heterocycles. The first kappa shape index (κ1) is 18.2. The Bertz CT molecular complexity index is 357. The molecule has 0 fully saturated rings. The maximum atomic E-state index is 3.69. The Kier molecular flexibility index (Phi) is 8.68. The second-order valence-electron chi connectivity index (χ2n) is 6.70. The normalized spacial score (nSPS) is 14.3. The van der Waals surface area contributed by atoms with E-state index >= 15 is 0 Å². The molecule has 21 heavy (non-hydrogen) atoms. The van der Waals surface area contributed by atoms with E-state index in [-0.39, 0.29) is 0 Å². The van der Waals surface area contributed by atoms with Gasteiger partial charge in [0.05, 0.1) is 0 Å². The van der Waals surface area contributed by atoms with Crippen LogP contribution in [0.3, 0.4) is 0 Å². The summed E-state index contributed by atoms with van der Waals surface area (Å²) in [5.41, 5.74) is 1.81. The lowest BCUT2D eigenvalue weighted by Crippen LogP contribution is -2.40. The van der Waals surface area contributed by atoms with Crippen LogP contribution in [0, 0.1) is 0 Å². The third-order valence-corrected chi connectivity index (χ3v) is 4.67. The Labute approximate surface area is 132 Å². The van der Waals surface area contributed by atoms with Gasteiger partial charge in [-0.3, -0.25) is 0 Å². The number of hydrogen-bond donors (Lipinski definition) is 1. The van der Waals surface area contributed by atoms with Crippen molar-refractivity contribution in [3.05, 3.63) is 35.9 Å². The predicted octanol–water partition coefficient (Wildman–Crippen LogP) is 5.69. The lowest BCUT2D eigenvalue weighted by molar-refractivity contribution is 0.329. The van der Waals surface area contributed by atoms with Gasteiger partial charge in [0.2, 0.25) is 0 Å². The van der Waals surface area contributed by atoms with Gasteiger partial charge in [-0.15, -0.1) is 0 Å². The average Bonchev–Trinajstić information content (AvgIpc) is 2.51. The summed E-state index contributed by atoms with van der Waals surface area (Å²) in [5.74, 6) is 0. The molecular formula is C20H35N. The summed E-state index contributed by atoms with van der Waals surface area (Å²) in [5, 5.41) is 3.69. The van der Waals surface area contributed by atoms with Gasteiger partial charge in [0, 0.05) is 18.0 Å². The minimum atomic E-state index is 0.303. The topological polar surface area (TPSA) is 12.0 Å². The van der Waals surface area contributed by atoms with Crippen molar-refractivity contribution in [3.8, 4) is 0 Å². The van der Waals surface area contributed by atoms with E-state index < -0.39 is 0 Å². The van der Waals surface area contributed by atoms with Crippen LogP contribution in [-0.4, -0.2) is 12.6 Å². The summed E-state index contributed by atoms with van der Waals surface area (Å²) >= 11 is 0. The number of benzene rings is 1. The fourth-order valence-corrected chi connectivity index (χ4v) is 3.10. The predicted molar refractivity (Wildman–Crippen MR) is 94.9 cm³/mol. The highest BCUT2D eigenvalue weighted by molar-refractivity contribution is 5.26. The van der Waals surface area contributed by atoms with E-state index in [9.17, 15) is 0 Å².